The first-order valence-corrected chi connectivity index (χ1v) is 6.17. The maximum absolute atomic E-state index is 12.0. The highest BCUT2D eigenvalue weighted by Gasteiger charge is 2.27. The Labute approximate surface area is 110 Å². The molecule has 0 radical (unpaired) electrons. The minimum absolute atomic E-state index is 0. The van der Waals surface area contributed by atoms with Crippen molar-refractivity contribution >= 4 is 41.3 Å². The van der Waals surface area contributed by atoms with Crippen molar-refractivity contribution in [3.63, 3.8) is 0 Å². The minimum atomic E-state index is 0. The molecule has 6 heteroatoms. The van der Waals surface area contributed by atoms with Gasteiger partial charge in [0.2, 0.25) is 0 Å². The summed E-state index contributed by atoms with van der Waals surface area (Å²) in [5.74, 6) is 0.0627. The number of hydrogen-bond donors (Lipinski definition) is 1. The lowest BCUT2D eigenvalue weighted by molar-refractivity contribution is 0.0794. The second-order valence-electron chi connectivity index (χ2n) is 3.62. The molecule has 1 N–H and O–H groups in total. The number of nitrogens with one attached hydrogen (secondary N) is 1. The number of likely N-dealkylation sites (N-methyl/N-ethyl adjacent to an activating group) is 1. The second kappa shape index (κ2) is 5.87. The summed E-state index contributed by atoms with van der Waals surface area (Å²) in [5.41, 5.74) is 0. The maximum Gasteiger partial charge on any atom is 0.265 e. The van der Waals surface area contributed by atoms with E-state index in [1.807, 2.05) is 17.3 Å². The Morgan fingerprint density at radius 1 is 1.69 bits per heavy atom. The number of carbonyl (C=O) groups is 1. The summed E-state index contributed by atoms with van der Waals surface area (Å²) in [6.45, 7) is 1.60. The average Bonchev–Trinajstić information content (AvgIpc) is 2.84. The van der Waals surface area contributed by atoms with Crippen LogP contribution in [0.25, 0.3) is 0 Å². The Morgan fingerprint density at radius 3 is 2.94 bits per heavy atom. The smallest absolute Gasteiger partial charge is 0.265 e. The number of halogens is 2. The minimum Gasteiger partial charge on any atom is -0.336 e. The molecule has 16 heavy (non-hydrogen) atoms. The van der Waals surface area contributed by atoms with E-state index in [0.717, 1.165) is 19.5 Å². The fourth-order valence-electron chi connectivity index (χ4n) is 1.77. The first-order chi connectivity index (χ1) is 7.22. The molecule has 0 saturated carbocycles. The van der Waals surface area contributed by atoms with Crippen LogP contribution in [-0.4, -0.2) is 37.0 Å². The van der Waals surface area contributed by atoms with E-state index in [0.29, 0.717) is 15.9 Å². The van der Waals surface area contributed by atoms with Crippen LogP contribution in [0.1, 0.15) is 16.1 Å². The number of likely N-dealkylation sites (tertiary alicyclic amines) is 1. The van der Waals surface area contributed by atoms with Crippen LogP contribution in [0, 0.1) is 0 Å². The standard InChI is InChI=1S/C10H13ClN2OS.ClH/c1-12-7-2-4-13(6-7)10(14)9-8(11)3-5-15-9;/h3,5,7,12H,2,4,6H2,1H3;1H. The summed E-state index contributed by atoms with van der Waals surface area (Å²) in [4.78, 5) is 14.5. The van der Waals surface area contributed by atoms with Crippen LogP contribution in [0.4, 0.5) is 0 Å². The van der Waals surface area contributed by atoms with Gasteiger partial charge in [0.1, 0.15) is 4.88 Å². The van der Waals surface area contributed by atoms with Gasteiger partial charge in [-0.2, -0.15) is 0 Å². The van der Waals surface area contributed by atoms with Crippen LogP contribution in [0.15, 0.2) is 11.4 Å². The van der Waals surface area contributed by atoms with Crippen LogP contribution in [0.3, 0.4) is 0 Å². The van der Waals surface area contributed by atoms with Gasteiger partial charge in [0, 0.05) is 19.1 Å². The summed E-state index contributed by atoms with van der Waals surface area (Å²) < 4.78 is 0. The van der Waals surface area contributed by atoms with Crippen LogP contribution >= 0.6 is 35.3 Å². The van der Waals surface area contributed by atoms with Crippen LogP contribution < -0.4 is 5.32 Å². The van der Waals surface area contributed by atoms with Gasteiger partial charge < -0.3 is 10.2 Å². The van der Waals surface area contributed by atoms with Gasteiger partial charge in [-0.1, -0.05) is 11.6 Å². The quantitative estimate of drug-likeness (QED) is 0.901. The van der Waals surface area contributed by atoms with E-state index in [9.17, 15) is 4.79 Å². The Bertz CT molecular complexity index is 369. The van der Waals surface area contributed by atoms with E-state index in [-0.39, 0.29) is 18.3 Å². The van der Waals surface area contributed by atoms with E-state index in [1.165, 1.54) is 11.3 Å². The number of nitrogens with zero attached hydrogens (tertiary/aromatic N) is 1. The molecule has 1 aromatic heterocycles. The lowest BCUT2D eigenvalue weighted by Crippen LogP contribution is -2.33. The molecule has 0 aliphatic carbocycles. The number of carbonyl (C=O) groups excluding carboxylic acids is 1. The van der Waals surface area contributed by atoms with Crippen molar-refractivity contribution in [3.05, 3.63) is 21.3 Å². The fraction of sp³-hybridized carbons (Fsp3) is 0.500. The molecular formula is C10H14Cl2N2OS. The monoisotopic (exact) mass is 280 g/mol. The Kier molecular flexibility index (Phi) is 5.05. The normalized spacial score (nSPS) is 19.6. The van der Waals surface area contributed by atoms with E-state index in [1.54, 1.807) is 6.07 Å². The van der Waals surface area contributed by atoms with Gasteiger partial charge in [0.15, 0.2) is 0 Å². The molecule has 2 heterocycles. The summed E-state index contributed by atoms with van der Waals surface area (Å²) in [6, 6.07) is 2.19. The van der Waals surface area contributed by atoms with Crippen molar-refractivity contribution in [2.45, 2.75) is 12.5 Å². The van der Waals surface area contributed by atoms with Crippen molar-refractivity contribution in [3.8, 4) is 0 Å². The van der Waals surface area contributed by atoms with E-state index >= 15 is 0 Å². The summed E-state index contributed by atoms with van der Waals surface area (Å²) in [5, 5.41) is 5.60. The molecule has 2 rings (SSSR count). The number of rotatable bonds is 2. The number of hydrogen-bond acceptors (Lipinski definition) is 3. The highest BCUT2D eigenvalue weighted by molar-refractivity contribution is 7.12. The summed E-state index contributed by atoms with van der Waals surface area (Å²) in [6.07, 6.45) is 1.02. The van der Waals surface area contributed by atoms with Gasteiger partial charge in [-0.15, -0.1) is 23.7 Å². The molecule has 0 aromatic carbocycles. The van der Waals surface area contributed by atoms with Crippen molar-refractivity contribution in [1.29, 1.82) is 0 Å². The topological polar surface area (TPSA) is 32.3 Å². The van der Waals surface area contributed by atoms with Crippen LogP contribution in [-0.2, 0) is 0 Å². The second-order valence-corrected chi connectivity index (χ2v) is 4.95. The molecule has 1 aromatic rings. The first kappa shape index (κ1) is 13.8. The first-order valence-electron chi connectivity index (χ1n) is 4.92. The fourth-order valence-corrected chi connectivity index (χ4v) is 2.87. The van der Waals surface area contributed by atoms with Gasteiger partial charge in [0.25, 0.3) is 5.91 Å². The molecule has 1 aliphatic rings. The Balaban J connectivity index is 0.00000128. The molecule has 0 spiro atoms. The molecular weight excluding hydrogens is 267 g/mol. The van der Waals surface area contributed by atoms with E-state index in [2.05, 4.69) is 5.32 Å². The zero-order valence-electron chi connectivity index (χ0n) is 8.90. The number of amides is 1. The van der Waals surface area contributed by atoms with E-state index in [4.69, 9.17) is 11.6 Å². The predicted octanol–water partition coefficient (Wildman–Crippen LogP) is 2.26. The Morgan fingerprint density at radius 2 is 2.44 bits per heavy atom. The number of thiophene rings is 1. The predicted molar refractivity (Wildman–Crippen MR) is 69.9 cm³/mol. The molecule has 1 unspecified atom stereocenters. The summed E-state index contributed by atoms with van der Waals surface area (Å²) >= 11 is 7.34. The SMILES string of the molecule is CNC1CCN(C(=O)c2sccc2Cl)C1.Cl. The van der Waals surface area contributed by atoms with Crippen LogP contribution in [0.5, 0.6) is 0 Å². The third-order valence-corrected chi connectivity index (χ3v) is 4.02. The zero-order chi connectivity index (χ0) is 10.8. The highest BCUT2D eigenvalue weighted by Crippen LogP contribution is 2.25. The summed E-state index contributed by atoms with van der Waals surface area (Å²) in [7, 11) is 1.93. The zero-order valence-corrected chi connectivity index (χ0v) is 11.3. The van der Waals surface area contributed by atoms with Gasteiger partial charge in [0.05, 0.1) is 5.02 Å². The average molecular weight is 281 g/mol. The molecule has 90 valence electrons. The van der Waals surface area contributed by atoms with Gasteiger partial charge >= 0.3 is 0 Å². The van der Waals surface area contributed by atoms with Gasteiger partial charge in [-0.3, -0.25) is 4.79 Å². The van der Waals surface area contributed by atoms with Crippen LogP contribution in [0.2, 0.25) is 5.02 Å². The van der Waals surface area contributed by atoms with Crippen molar-refractivity contribution in [2.75, 3.05) is 20.1 Å². The molecule has 1 amide bonds. The van der Waals surface area contributed by atoms with E-state index < -0.39 is 0 Å². The van der Waals surface area contributed by atoms with Gasteiger partial charge in [-0.25, -0.2) is 0 Å². The third-order valence-electron chi connectivity index (χ3n) is 2.70. The third kappa shape index (κ3) is 2.69. The molecule has 0 bridgehead atoms. The van der Waals surface area contributed by atoms with Crippen molar-refractivity contribution in [2.24, 2.45) is 0 Å². The molecule has 1 fully saturated rings. The highest BCUT2D eigenvalue weighted by atomic mass is 35.5. The van der Waals surface area contributed by atoms with Gasteiger partial charge in [-0.05, 0) is 24.9 Å². The van der Waals surface area contributed by atoms with Crippen molar-refractivity contribution < 1.29 is 4.79 Å². The molecule has 1 aliphatic heterocycles. The Hall–Kier alpha value is -0.290. The largest absolute Gasteiger partial charge is 0.336 e. The maximum atomic E-state index is 12.0. The lowest BCUT2D eigenvalue weighted by atomic mass is 10.3. The van der Waals surface area contributed by atoms with Crippen molar-refractivity contribution in [1.82, 2.24) is 10.2 Å². The molecule has 1 atom stereocenters. The molecule has 1 saturated heterocycles. The lowest BCUT2D eigenvalue weighted by Gasteiger charge is -2.15. The molecule has 3 nitrogen and oxygen atoms in total.